The Labute approximate surface area is 135 Å². The number of aryl methyl sites for hydroxylation is 1. The molecule has 1 amide bonds. The van der Waals surface area contributed by atoms with Crippen molar-refractivity contribution < 1.29 is 9.53 Å². The molecule has 1 aliphatic carbocycles. The van der Waals surface area contributed by atoms with Gasteiger partial charge < -0.3 is 10.1 Å². The maximum absolute atomic E-state index is 12.0. The average molecular weight is 306 g/mol. The maximum atomic E-state index is 12.0. The van der Waals surface area contributed by atoms with Crippen molar-refractivity contribution in [2.45, 2.75) is 25.7 Å². The van der Waals surface area contributed by atoms with Gasteiger partial charge in [0, 0.05) is 5.69 Å². The number of hydrogen-bond acceptors (Lipinski definition) is 3. The van der Waals surface area contributed by atoms with Gasteiger partial charge in [-0.25, -0.2) is 0 Å². The molecule has 3 rings (SSSR count). The summed E-state index contributed by atoms with van der Waals surface area (Å²) < 4.78 is 5.72. The molecule has 1 N–H and O–H groups in total. The smallest absolute Gasteiger partial charge is 0.262 e. The fourth-order valence-corrected chi connectivity index (χ4v) is 2.85. The lowest BCUT2D eigenvalue weighted by Gasteiger charge is -2.19. The van der Waals surface area contributed by atoms with Crippen LogP contribution in [0, 0.1) is 11.3 Å². The van der Waals surface area contributed by atoms with E-state index in [4.69, 9.17) is 10.00 Å². The van der Waals surface area contributed by atoms with Crippen LogP contribution in [0.15, 0.2) is 42.5 Å². The van der Waals surface area contributed by atoms with Crippen LogP contribution in [0.1, 0.15) is 29.5 Å². The van der Waals surface area contributed by atoms with Gasteiger partial charge in [0.25, 0.3) is 5.91 Å². The van der Waals surface area contributed by atoms with Gasteiger partial charge in [0.2, 0.25) is 0 Å². The van der Waals surface area contributed by atoms with Crippen molar-refractivity contribution in [1.82, 2.24) is 0 Å². The van der Waals surface area contributed by atoms with Gasteiger partial charge in [-0.2, -0.15) is 5.26 Å². The lowest BCUT2D eigenvalue weighted by Crippen LogP contribution is -2.21. The minimum atomic E-state index is -0.205. The second-order valence-corrected chi connectivity index (χ2v) is 5.63. The fourth-order valence-electron chi connectivity index (χ4n) is 2.85. The van der Waals surface area contributed by atoms with Crippen LogP contribution in [0.2, 0.25) is 0 Å². The van der Waals surface area contributed by atoms with Crippen LogP contribution in [0.25, 0.3) is 0 Å². The van der Waals surface area contributed by atoms with Gasteiger partial charge in [-0.05, 0) is 67.1 Å². The Morgan fingerprint density at radius 1 is 1.13 bits per heavy atom. The number of nitriles is 1. The quantitative estimate of drug-likeness (QED) is 0.941. The van der Waals surface area contributed by atoms with E-state index in [-0.39, 0.29) is 12.5 Å². The SMILES string of the molecule is N#Cc1ccc(NC(=O)COc2cccc3c2CCCC3)cc1. The summed E-state index contributed by atoms with van der Waals surface area (Å²) in [7, 11) is 0. The van der Waals surface area contributed by atoms with Gasteiger partial charge in [-0.3, -0.25) is 4.79 Å². The zero-order valence-electron chi connectivity index (χ0n) is 12.8. The molecule has 0 bridgehead atoms. The first-order chi connectivity index (χ1) is 11.3. The summed E-state index contributed by atoms with van der Waals surface area (Å²) in [6.07, 6.45) is 4.49. The standard InChI is InChI=1S/C19H18N2O2/c20-12-14-8-10-16(11-9-14)21-19(22)13-23-18-7-3-5-15-4-1-2-6-17(15)18/h3,5,7-11H,1-2,4,6,13H2,(H,21,22). The van der Waals surface area contributed by atoms with Crippen LogP contribution in [0.3, 0.4) is 0 Å². The molecule has 0 radical (unpaired) electrons. The predicted octanol–water partition coefficient (Wildman–Crippen LogP) is 3.45. The van der Waals surface area contributed by atoms with E-state index in [0.29, 0.717) is 11.3 Å². The van der Waals surface area contributed by atoms with Crippen molar-refractivity contribution >= 4 is 11.6 Å². The third-order valence-corrected chi connectivity index (χ3v) is 4.01. The van der Waals surface area contributed by atoms with Crippen LogP contribution >= 0.6 is 0 Å². The summed E-state index contributed by atoms with van der Waals surface area (Å²) in [5, 5.41) is 11.5. The average Bonchev–Trinajstić information content (AvgIpc) is 2.60. The summed E-state index contributed by atoms with van der Waals surface area (Å²) in [6, 6.07) is 14.9. The molecule has 4 nitrogen and oxygen atoms in total. The highest BCUT2D eigenvalue weighted by atomic mass is 16.5. The van der Waals surface area contributed by atoms with Crippen molar-refractivity contribution in [1.29, 1.82) is 5.26 Å². The Bertz CT molecular complexity index is 745. The van der Waals surface area contributed by atoms with E-state index in [1.54, 1.807) is 24.3 Å². The second kappa shape index (κ2) is 6.97. The Kier molecular flexibility index (Phi) is 4.58. The van der Waals surface area contributed by atoms with E-state index in [2.05, 4.69) is 11.4 Å². The van der Waals surface area contributed by atoms with Crippen molar-refractivity contribution in [2.24, 2.45) is 0 Å². The topological polar surface area (TPSA) is 62.1 Å². The first-order valence-corrected chi connectivity index (χ1v) is 7.80. The Hall–Kier alpha value is -2.80. The zero-order valence-corrected chi connectivity index (χ0v) is 12.8. The number of nitrogens with one attached hydrogen (secondary N) is 1. The summed E-state index contributed by atoms with van der Waals surface area (Å²) in [5.74, 6) is 0.611. The fraction of sp³-hybridized carbons (Fsp3) is 0.263. The summed E-state index contributed by atoms with van der Waals surface area (Å²) in [4.78, 5) is 12.0. The normalized spacial score (nSPS) is 12.8. The number of amides is 1. The molecule has 0 atom stereocenters. The van der Waals surface area contributed by atoms with Crippen LogP contribution in [0.4, 0.5) is 5.69 Å². The third kappa shape index (κ3) is 3.70. The van der Waals surface area contributed by atoms with Crippen molar-refractivity contribution in [3.8, 4) is 11.8 Å². The Balaban J connectivity index is 1.60. The third-order valence-electron chi connectivity index (χ3n) is 4.01. The van der Waals surface area contributed by atoms with Gasteiger partial charge >= 0.3 is 0 Å². The maximum Gasteiger partial charge on any atom is 0.262 e. The Morgan fingerprint density at radius 3 is 2.70 bits per heavy atom. The minimum Gasteiger partial charge on any atom is -0.483 e. The van der Waals surface area contributed by atoms with Crippen LogP contribution in [0.5, 0.6) is 5.75 Å². The lowest BCUT2D eigenvalue weighted by molar-refractivity contribution is -0.118. The number of nitrogens with zero attached hydrogens (tertiary/aromatic N) is 1. The molecule has 4 heteroatoms. The van der Waals surface area contributed by atoms with Gasteiger partial charge in [0.1, 0.15) is 5.75 Å². The highest BCUT2D eigenvalue weighted by Gasteiger charge is 2.14. The number of anilines is 1. The van der Waals surface area contributed by atoms with Gasteiger partial charge in [-0.15, -0.1) is 0 Å². The van der Waals surface area contributed by atoms with Crippen LogP contribution in [-0.4, -0.2) is 12.5 Å². The van der Waals surface area contributed by atoms with E-state index in [0.717, 1.165) is 18.6 Å². The van der Waals surface area contributed by atoms with Gasteiger partial charge in [0.15, 0.2) is 6.61 Å². The van der Waals surface area contributed by atoms with Gasteiger partial charge in [0.05, 0.1) is 11.6 Å². The summed E-state index contributed by atoms with van der Waals surface area (Å²) in [6.45, 7) is -0.0174. The molecule has 23 heavy (non-hydrogen) atoms. The lowest BCUT2D eigenvalue weighted by atomic mass is 9.91. The number of rotatable bonds is 4. The van der Waals surface area contributed by atoms with Crippen molar-refractivity contribution in [3.63, 3.8) is 0 Å². The second-order valence-electron chi connectivity index (χ2n) is 5.63. The minimum absolute atomic E-state index is 0.0174. The van der Waals surface area contributed by atoms with Gasteiger partial charge in [-0.1, -0.05) is 12.1 Å². The summed E-state index contributed by atoms with van der Waals surface area (Å²) in [5.41, 5.74) is 3.80. The first-order valence-electron chi connectivity index (χ1n) is 7.80. The van der Waals surface area contributed by atoms with Crippen molar-refractivity contribution in [2.75, 3.05) is 11.9 Å². The molecule has 1 aliphatic rings. The molecule has 0 aliphatic heterocycles. The largest absolute Gasteiger partial charge is 0.483 e. The Morgan fingerprint density at radius 2 is 1.91 bits per heavy atom. The number of hydrogen-bond donors (Lipinski definition) is 1. The van der Waals surface area contributed by atoms with E-state index in [1.165, 1.54) is 24.0 Å². The number of benzene rings is 2. The number of ether oxygens (including phenoxy) is 1. The highest BCUT2D eigenvalue weighted by molar-refractivity contribution is 5.91. The molecule has 0 fully saturated rings. The number of carbonyl (C=O) groups excluding carboxylic acids is 1. The summed E-state index contributed by atoms with van der Waals surface area (Å²) >= 11 is 0. The molecular weight excluding hydrogens is 288 g/mol. The number of fused-ring (bicyclic) bond motifs is 1. The molecular formula is C19H18N2O2. The van der Waals surface area contributed by atoms with E-state index >= 15 is 0 Å². The predicted molar refractivity (Wildman–Crippen MR) is 88.4 cm³/mol. The van der Waals surface area contributed by atoms with E-state index in [9.17, 15) is 4.79 Å². The monoisotopic (exact) mass is 306 g/mol. The molecule has 2 aromatic rings. The molecule has 0 aromatic heterocycles. The van der Waals surface area contributed by atoms with E-state index in [1.807, 2.05) is 18.2 Å². The molecule has 0 heterocycles. The molecule has 116 valence electrons. The van der Waals surface area contributed by atoms with Crippen LogP contribution < -0.4 is 10.1 Å². The highest BCUT2D eigenvalue weighted by Crippen LogP contribution is 2.29. The number of carbonyl (C=O) groups is 1. The molecule has 0 unspecified atom stereocenters. The van der Waals surface area contributed by atoms with E-state index < -0.39 is 0 Å². The molecule has 0 saturated heterocycles. The van der Waals surface area contributed by atoms with Crippen molar-refractivity contribution in [3.05, 3.63) is 59.2 Å². The molecule has 2 aromatic carbocycles. The first kappa shape index (κ1) is 15.1. The molecule has 0 spiro atoms. The zero-order chi connectivity index (χ0) is 16.1. The van der Waals surface area contributed by atoms with Crippen LogP contribution in [-0.2, 0) is 17.6 Å². The molecule has 0 saturated carbocycles.